The van der Waals surface area contributed by atoms with Crippen molar-refractivity contribution in [2.45, 2.75) is 13.3 Å². The molecule has 0 amide bonds. The van der Waals surface area contributed by atoms with E-state index in [9.17, 15) is 18.4 Å². The van der Waals surface area contributed by atoms with Gasteiger partial charge in [-0.05, 0) is 13.0 Å². The highest BCUT2D eigenvalue weighted by molar-refractivity contribution is 6.01. The summed E-state index contributed by atoms with van der Waals surface area (Å²) in [7, 11) is 2.68. The minimum atomic E-state index is -2.85. The second-order valence-corrected chi connectivity index (χ2v) is 2.57. The number of rotatable bonds is 6. The molecule has 0 spiro atoms. The van der Waals surface area contributed by atoms with Gasteiger partial charge in [0.05, 0.1) is 12.2 Å². The largest absolute Gasteiger partial charge is 0.400 e. The lowest BCUT2D eigenvalue weighted by Crippen LogP contribution is -2.12. The lowest BCUT2D eigenvalue weighted by Gasteiger charge is -1.98. The third kappa shape index (κ3) is 18.9. The van der Waals surface area contributed by atoms with Crippen molar-refractivity contribution in [2.75, 3.05) is 27.4 Å². The number of carbonyl (C=O) groups excluding carboxylic acids is 2. The quantitative estimate of drug-likeness (QED) is 0.411. The van der Waals surface area contributed by atoms with Crippen LogP contribution in [-0.4, -0.2) is 57.2 Å². The van der Waals surface area contributed by atoms with Crippen molar-refractivity contribution in [3.05, 3.63) is 11.8 Å². The van der Waals surface area contributed by atoms with Crippen molar-refractivity contribution in [3.8, 4) is 0 Å². The maximum Gasteiger partial charge on any atom is 0.280 e. The first-order valence-electron chi connectivity index (χ1n) is 5.15. The van der Waals surface area contributed by atoms with Gasteiger partial charge in [0.25, 0.3) is 6.43 Å². The maximum atomic E-state index is 12.1. The molecule has 0 atom stereocenters. The van der Waals surface area contributed by atoms with Crippen LogP contribution in [0.1, 0.15) is 6.92 Å². The van der Waals surface area contributed by atoms with E-state index in [1.807, 2.05) is 6.92 Å². The molecule has 6 nitrogen and oxygen atoms in total. The van der Waals surface area contributed by atoms with Gasteiger partial charge in [-0.1, -0.05) is 0 Å². The smallest absolute Gasteiger partial charge is 0.280 e. The van der Waals surface area contributed by atoms with Gasteiger partial charge in [0.1, 0.15) is 12.0 Å². The molecule has 0 aromatic heterocycles. The number of aldehydes is 2. The molecule has 8 heteroatoms. The van der Waals surface area contributed by atoms with Gasteiger partial charge in [-0.25, -0.2) is 8.78 Å². The molecule has 0 radical (unpaired) electrons. The summed E-state index contributed by atoms with van der Waals surface area (Å²) in [6.07, 6.45) is -1.52. The fourth-order valence-electron chi connectivity index (χ4n) is 0.525. The van der Waals surface area contributed by atoms with Crippen molar-refractivity contribution in [1.29, 1.82) is 0 Å². The molecule has 112 valence electrons. The van der Waals surface area contributed by atoms with Gasteiger partial charge >= 0.3 is 0 Å². The molecular weight excluding hydrogens is 262 g/mol. The fourth-order valence-corrected chi connectivity index (χ4v) is 0.525. The van der Waals surface area contributed by atoms with E-state index >= 15 is 0 Å². The molecule has 19 heavy (non-hydrogen) atoms. The summed E-state index contributed by atoms with van der Waals surface area (Å²) >= 11 is 0. The number of hydrogen-bond acceptors (Lipinski definition) is 6. The highest BCUT2D eigenvalue weighted by atomic mass is 19.3. The summed E-state index contributed by atoms with van der Waals surface area (Å²) in [5, 5.41) is 7.00. The first kappa shape index (κ1) is 22.5. The monoisotopic (exact) mass is 282 g/mol. The second-order valence-electron chi connectivity index (χ2n) is 2.57. The van der Waals surface area contributed by atoms with E-state index in [0.717, 1.165) is 19.8 Å². The molecule has 0 rings (SSSR count). The standard InChI is InChI=1S/C7H8F2N2O2.C3H8O.CH4O/c8-7(9)6(11-1-2-12)3-5(10)4-13;1-3-4-2;1-2/h2-4,7H,1,10H2;3H2,1-2H3;2H,1H3/b5-3-,11-6?;;. The molecular formula is C11H20F2N2O4. The zero-order chi connectivity index (χ0) is 15.7. The lowest BCUT2D eigenvalue weighted by atomic mass is 10.3. The summed E-state index contributed by atoms with van der Waals surface area (Å²) in [4.78, 5) is 23.0. The topological polar surface area (TPSA) is 102 Å². The Labute approximate surface area is 111 Å². The van der Waals surface area contributed by atoms with Crippen LogP contribution in [0.4, 0.5) is 8.78 Å². The lowest BCUT2D eigenvalue weighted by molar-refractivity contribution is -0.106. The summed E-state index contributed by atoms with van der Waals surface area (Å²) in [5.41, 5.74) is 3.95. The van der Waals surface area contributed by atoms with Crippen LogP contribution in [0.3, 0.4) is 0 Å². The maximum absolute atomic E-state index is 12.1. The van der Waals surface area contributed by atoms with E-state index in [-0.39, 0.29) is 18.5 Å². The Kier molecular flexibility index (Phi) is 22.1. The van der Waals surface area contributed by atoms with Crippen molar-refractivity contribution in [3.63, 3.8) is 0 Å². The van der Waals surface area contributed by atoms with Crippen LogP contribution in [0.25, 0.3) is 0 Å². The Morgan fingerprint density at radius 3 is 2.16 bits per heavy atom. The summed E-state index contributed by atoms with van der Waals surface area (Å²) < 4.78 is 28.7. The molecule has 0 saturated heterocycles. The number of carbonyl (C=O) groups is 2. The van der Waals surface area contributed by atoms with Crippen molar-refractivity contribution in [1.82, 2.24) is 0 Å². The molecule has 0 aliphatic heterocycles. The van der Waals surface area contributed by atoms with E-state index in [1.54, 1.807) is 7.11 Å². The van der Waals surface area contributed by atoms with Crippen LogP contribution in [0.15, 0.2) is 16.8 Å². The molecule has 0 fully saturated rings. The Morgan fingerprint density at radius 2 is 1.89 bits per heavy atom. The minimum Gasteiger partial charge on any atom is -0.400 e. The molecule has 0 unspecified atom stereocenters. The average molecular weight is 282 g/mol. The van der Waals surface area contributed by atoms with Gasteiger partial charge in [0.15, 0.2) is 6.29 Å². The van der Waals surface area contributed by atoms with Gasteiger partial charge in [0.2, 0.25) is 0 Å². The molecule has 0 aromatic carbocycles. The Hall–Kier alpha value is -1.67. The van der Waals surface area contributed by atoms with E-state index in [2.05, 4.69) is 9.73 Å². The number of aliphatic hydroxyl groups excluding tert-OH is 1. The van der Waals surface area contributed by atoms with E-state index < -0.39 is 12.1 Å². The first-order valence-corrected chi connectivity index (χ1v) is 5.15. The van der Waals surface area contributed by atoms with Crippen LogP contribution in [0, 0.1) is 0 Å². The number of hydrogen-bond donors (Lipinski definition) is 2. The molecule has 0 saturated carbocycles. The van der Waals surface area contributed by atoms with Crippen molar-refractivity contribution >= 4 is 18.3 Å². The van der Waals surface area contributed by atoms with Gasteiger partial charge in [-0.15, -0.1) is 0 Å². The Balaban J connectivity index is -0.000000361. The molecule has 0 bridgehead atoms. The Morgan fingerprint density at radius 1 is 1.42 bits per heavy atom. The molecule has 0 aliphatic carbocycles. The number of aliphatic imine (C=N–C) groups is 1. The van der Waals surface area contributed by atoms with Gasteiger partial charge in [0, 0.05) is 20.8 Å². The molecule has 3 N–H and O–H groups in total. The number of halogens is 2. The number of alkyl halides is 2. The summed E-state index contributed by atoms with van der Waals surface area (Å²) in [6, 6.07) is 0. The highest BCUT2D eigenvalue weighted by Crippen LogP contribution is 1.99. The number of methoxy groups -OCH3 is 1. The van der Waals surface area contributed by atoms with Gasteiger partial charge in [-0.2, -0.15) is 0 Å². The van der Waals surface area contributed by atoms with Crippen LogP contribution in [0.2, 0.25) is 0 Å². The third-order valence-corrected chi connectivity index (χ3v) is 1.31. The van der Waals surface area contributed by atoms with E-state index in [0.29, 0.717) is 6.29 Å². The van der Waals surface area contributed by atoms with Crippen molar-refractivity contribution in [2.24, 2.45) is 10.7 Å². The Bertz CT molecular complexity index is 280. The molecule has 0 aromatic rings. The van der Waals surface area contributed by atoms with E-state index in [1.165, 1.54) is 0 Å². The SMILES string of the molecule is CCOC.CO.N/C(C=O)=C\C(=NCC=O)C(F)F. The van der Waals surface area contributed by atoms with Crippen LogP contribution < -0.4 is 5.73 Å². The predicted octanol–water partition coefficient (Wildman–Crippen LogP) is 0.194. The fraction of sp³-hybridized carbons (Fsp3) is 0.545. The normalized spacial score (nSPS) is 10.9. The van der Waals surface area contributed by atoms with Crippen molar-refractivity contribution < 1.29 is 28.2 Å². The van der Waals surface area contributed by atoms with Crippen LogP contribution in [-0.2, 0) is 14.3 Å². The summed E-state index contributed by atoms with van der Waals surface area (Å²) in [5.74, 6) is 0. The zero-order valence-corrected chi connectivity index (χ0v) is 11.2. The number of ether oxygens (including phenoxy) is 1. The summed E-state index contributed by atoms with van der Waals surface area (Å²) in [6.45, 7) is 2.41. The number of aliphatic hydroxyl groups is 1. The van der Waals surface area contributed by atoms with Gasteiger partial charge < -0.3 is 20.4 Å². The van der Waals surface area contributed by atoms with Crippen LogP contribution in [0.5, 0.6) is 0 Å². The molecule has 0 aliphatic rings. The molecule has 0 heterocycles. The number of allylic oxidation sites excluding steroid dienone is 2. The van der Waals surface area contributed by atoms with Crippen LogP contribution >= 0.6 is 0 Å². The van der Waals surface area contributed by atoms with Gasteiger partial charge in [-0.3, -0.25) is 9.79 Å². The zero-order valence-electron chi connectivity index (χ0n) is 11.2. The predicted molar refractivity (Wildman–Crippen MR) is 68.4 cm³/mol. The highest BCUT2D eigenvalue weighted by Gasteiger charge is 2.10. The number of nitrogens with two attached hydrogens (primary N) is 1. The number of nitrogens with zero attached hydrogens (tertiary/aromatic N) is 1. The second kappa shape index (κ2) is 18.7. The van der Waals surface area contributed by atoms with E-state index in [4.69, 9.17) is 10.8 Å². The first-order chi connectivity index (χ1) is 9.03. The third-order valence-electron chi connectivity index (χ3n) is 1.31. The average Bonchev–Trinajstić information content (AvgIpc) is 2.45. The minimum absolute atomic E-state index is 0.221.